The van der Waals surface area contributed by atoms with Gasteiger partial charge in [-0.3, -0.25) is 14.4 Å². The molecule has 266 valence electrons. The highest BCUT2D eigenvalue weighted by molar-refractivity contribution is 5.98. The van der Waals surface area contributed by atoms with Gasteiger partial charge in [-0.05, 0) is 59.4 Å². The number of oxime groups is 1. The van der Waals surface area contributed by atoms with E-state index in [2.05, 4.69) is 22.0 Å². The van der Waals surface area contributed by atoms with Crippen molar-refractivity contribution < 1.29 is 38.5 Å². The number of esters is 1. The van der Waals surface area contributed by atoms with E-state index >= 15 is 0 Å². The fourth-order valence-corrected chi connectivity index (χ4v) is 3.76. The summed E-state index contributed by atoms with van der Waals surface area (Å²) in [7, 11) is 0. The summed E-state index contributed by atoms with van der Waals surface area (Å²) in [4.78, 5) is 45.8. The van der Waals surface area contributed by atoms with Crippen molar-refractivity contribution >= 4 is 29.1 Å². The molecule has 1 amide bonds. The lowest BCUT2D eigenvalue weighted by molar-refractivity contribution is -0.153. The van der Waals surface area contributed by atoms with E-state index in [9.17, 15) is 19.5 Å². The molecule has 0 aliphatic heterocycles. The number of rotatable bonds is 19. The highest BCUT2D eigenvalue weighted by Gasteiger charge is 2.25. The third-order valence-corrected chi connectivity index (χ3v) is 6.71. The minimum absolute atomic E-state index is 0.0921. The second-order valence-corrected chi connectivity index (χ2v) is 11.3. The molecule has 0 heterocycles. The summed E-state index contributed by atoms with van der Waals surface area (Å²) < 4.78 is 17.0. The van der Waals surface area contributed by atoms with Gasteiger partial charge in [-0.2, -0.15) is 0 Å². The molecule has 5 unspecified atom stereocenters. The van der Waals surface area contributed by atoms with Crippen LogP contribution in [0.4, 0.5) is 0 Å². The quantitative estimate of drug-likeness (QED) is 0.0576. The van der Waals surface area contributed by atoms with Crippen LogP contribution < -0.4 is 0 Å². The molecule has 0 aliphatic carbocycles. The number of amides is 1. The second kappa shape index (κ2) is 27.7. The number of nitrogens with zero attached hydrogens (tertiary/aromatic N) is 2. The molecule has 1 N–H and O–H groups in total. The number of aliphatic hydroxyl groups excluding tert-OH is 1. The zero-order chi connectivity index (χ0) is 36.4. The summed E-state index contributed by atoms with van der Waals surface area (Å²) in [5, 5.41) is 13.5. The summed E-state index contributed by atoms with van der Waals surface area (Å²) in [6.45, 7) is 22.2. The van der Waals surface area contributed by atoms with Gasteiger partial charge in [-0.1, -0.05) is 70.1 Å². The first kappa shape index (κ1) is 45.7. The second-order valence-electron chi connectivity index (χ2n) is 11.3. The van der Waals surface area contributed by atoms with Crippen molar-refractivity contribution in [3.8, 4) is 11.8 Å². The first-order valence-electron chi connectivity index (χ1n) is 16.5. The van der Waals surface area contributed by atoms with E-state index in [0.717, 1.165) is 11.3 Å². The average Bonchev–Trinajstić information content (AvgIpc) is 3.06. The fourth-order valence-electron chi connectivity index (χ4n) is 3.76. The van der Waals surface area contributed by atoms with Crippen LogP contribution in [0.3, 0.4) is 0 Å². The van der Waals surface area contributed by atoms with Gasteiger partial charge in [0, 0.05) is 25.0 Å². The number of ketones is 1. The molecule has 0 saturated heterocycles. The Morgan fingerprint density at radius 3 is 1.98 bits per heavy atom. The highest BCUT2D eigenvalue weighted by atomic mass is 16.6. The topological polar surface area (TPSA) is 133 Å². The van der Waals surface area contributed by atoms with Gasteiger partial charge in [0.15, 0.2) is 0 Å². The van der Waals surface area contributed by atoms with Gasteiger partial charge in [0.05, 0.1) is 31.5 Å². The van der Waals surface area contributed by atoms with Crippen molar-refractivity contribution in [1.29, 1.82) is 0 Å². The Bertz CT molecular complexity index is 1130. The Hall–Kier alpha value is -3.39. The van der Waals surface area contributed by atoms with Crippen LogP contribution in [0.5, 0.6) is 0 Å². The van der Waals surface area contributed by atoms with Crippen molar-refractivity contribution in [2.24, 2.45) is 27.9 Å². The molecule has 47 heavy (non-hydrogen) atoms. The number of carbonyl (C=O) groups excluding carboxylic acids is 3. The molecule has 0 radical (unpaired) electrons. The molecular weight excluding hydrogens is 600 g/mol. The molecule has 0 fully saturated rings. The van der Waals surface area contributed by atoms with Crippen molar-refractivity contribution in [2.45, 2.75) is 121 Å². The molecule has 1 rings (SSSR count). The molecule has 1 aromatic rings. The molecule has 10 heteroatoms. The van der Waals surface area contributed by atoms with Crippen LogP contribution in [0.1, 0.15) is 101 Å². The van der Waals surface area contributed by atoms with Crippen LogP contribution in [-0.4, -0.2) is 72.3 Å². The average molecular weight is 661 g/mol. The largest absolute Gasteiger partial charge is 0.462 e. The van der Waals surface area contributed by atoms with Gasteiger partial charge < -0.3 is 24.2 Å². The van der Waals surface area contributed by atoms with Gasteiger partial charge in [-0.15, -0.1) is 11.8 Å². The molecule has 0 aromatic heterocycles. The van der Waals surface area contributed by atoms with Gasteiger partial charge in [0.25, 0.3) is 0 Å². The minimum Gasteiger partial charge on any atom is -0.462 e. The third-order valence-electron chi connectivity index (χ3n) is 6.71. The lowest BCUT2D eigenvalue weighted by Gasteiger charge is -2.24. The van der Waals surface area contributed by atoms with Crippen molar-refractivity contribution in [3.05, 3.63) is 35.9 Å². The van der Waals surface area contributed by atoms with Crippen LogP contribution >= 0.6 is 0 Å². The van der Waals surface area contributed by atoms with E-state index in [1.165, 1.54) is 20.8 Å². The van der Waals surface area contributed by atoms with Crippen LogP contribution in [0.2, 0.25) is 0 Å². The van der Waals surface area contributed by atoms with Gasteiger partial charge in [0.1, 0.15) is 30.6 Å². The lowest BCUT2D eigenvalue weighted by Crippen LogP contribution is -2.32. The summed E-state index contributed by atoms with van der Waals surface area (Å²) in [6.07, 6.45) is -0.797. The Kier molecular flexibility index (Phi) is 26.9. The summed E-state index contributed by atoms with van der Waals surface area (Å²) in [6, 6.07) is 9.64. The maximum Gasteiger partial charge on any atom is 0.316 e. The normalized spacial score (nSPS) is 14.4. The Morgan fingerprint density at radius 2 is 1.47 bits per heavy atom. The van der Waals surface area contributed by atoms with E-state index < -0.39 is 18.0 Å². The molecule has 5 atom stereocenters. The van der Waals surface area contributed by atoms with Crippen molar-refractivity contribution in [2.75, 3.05) is 19.8 Å². The van der Waals surface area contributed by atoms with Gasteiger partial charge in [-0.25, -0.2) is 4.99 Å². The Balaban J connectivity index is 0. The van der Waals surface area contributed by atoms with E-state index in [1.807, 2.05) is 92.6 Å². The SMILES string of the molecule is CC.CC#CC.CC(=O)N=C(C(C)C)C(C)C(C)OC/C(COC(C)CCC(=O)C(C)C(=O)OCC(C)O)=N\OCc1ccccc1. The van der Waals surface area contributed by atoms with E-state index in [-0.39, 0.29) is 68.6 Å². The third kappa shape index (κ3) is 22.7. The van der Waals surface area contributed by atoms with Crippen LogP contribution in [0.25, 0.3) is 0 Å². The minimum atomic E-state index is -0.913. The van der Waals surface area contributed by atoms with Gasteiger partial charge >= 0.3 is 5.97 Å². The number of aliphatic hydroxyl groups is 1. The smallest absolute Gasteiger partial charge is 0.316 e. The number of Topliss-reactive ketones (excluding diaryl/α,β-unsaturated/α-hetero) is 1. The number of hydrogen-bond acceptors (Lipinski definition) is 9. The molecule has 0 aliphatic rings. The van der Waals surface area contributed by atoms with Crippen LogP contribution in [-0.2, 0) is 40.0 Å². The van der Waals surface area contributed by atoms with Crippen molar-refractivity contribution in [1.82, 2.24) is 0 Å². The predicted molar refractivity (Wildman–Crippen MR) is 188 cm³/mol. The summed E-state index contributed by atoms with van der Waals surface area (Å²) in [5.74, 6) is 3.31. The van der Waals surface area contributed by atoms with Crippen LogP contribution in [0.15, 0.2) is 40.5 Å². The van der Waals surface area contributed by atoms with Gasteiger partial charge in [0.2, 0.25) is 5.91 Å². The number of carbonyl (C=O) groups is 3. The zero-order valence-electron chi connectivity index (χ0n) is 30.8. The maximum atomic E-state index is 12.4. The number of ether oxygens (including phenoxy) is 3. The maximum absolute atomic E-state index is 12.4. The Morgan fingerprint density at radius 1 is 0.894 bits per heavy atom. The first-order chi connectivity index (χ1) is 22.2. The van der Waals surface area contributed by atoms with Crippen molar-refractivity contribution in [3.63, 3.8) is 0 Å². The standard InChI is InChI=1S/C31H48N2O8.C4H6.C2H6/c1-20(2)30(32-26(8)35)23(5)25(7)39-19-28(33-41-17-27-12-10-9-11-13-27)18-38-22(4)14-15-29(36)24(6)31(37)40-16-21(3)34;1-3-4-2;1-2/h9-13,20-25,34H,14-19H2,1-8H3;1-2H3;1-2H3/b32-30?,33-28-;;. The first-order valence-corrected chi connectivity index (χ1v) is 16.5. The Labute approximate surface area is 283 Å². The highest BCUT2D eigenvalue weighted by Crippen LogP contribution is 2.16. The van der Waals surface area contributed by atoms with E-state index in [4.69, 9.17) is 19.0 Å². The molecule has 0 bridgehead atoms. The molecule has 0 saturated carbocycles. The monoisotopic (exact) mass is 660 g/mol. The fraction of sp³-hybridized carbons (Fsp3) is 0.649. The number of aliphatic imine (C=N–C) groups is 1. The zero-order valence-corrected chi connectivity index (χ0v) is 30.8. The molecule has 0 spiro atoms. The summed E-state index contributed by atoms with van der Waals surface area (Å²) in [5.41, 5.74) is 2.28. The predicted octanol–water partition coefficient (Wildman–Crippen LogP) is 6.61. The number of hydrogen-bond donors (Lipinski definition) is 1. The van der Waals surface area contributed by atoms with Crippen LogP contribution in [0, 0.1) is 29.6 Å². The lowest BCUT2D eigenvalue weighted by atomic mass is 9.91. The van der Waals surface area contributed by atoms with E-state index in [1.54, 1.807) is 0 Å². The molecule has 1 aromatic carbocycles. The summed E-state index contributed by atoms with van der Waals surface area (Å²) >= 11 is 0. The molecular formula is C37H60N2O8. The molecule has 10 nitrogen and oxygen atoms in total. The van der Waals surface area contributed by atoms with E-state index in [0.29, 0.717) is 12.1 Å². The number of benzene rings is 1.